The SMILES string of the molecule is CCCC1(C)CCCN(C(=NC)NCCc2cccc(C(=O)N(C)C)c2)C1. The molecule has 1 aliphatic rings. The van der Waals surface area contributed by atoms with E-state index in [2.05, 4.69) is 35.1 Å². The lowest BCUT2D eigenvalue weighted by atomic mass is 9.78. The maximum atomic E-state index is 12.1. The maximum Gasteiger partial charge on any atom is 0.253 e. The summed E-state index contributed by atoms with van der Waals surface area (Å²) in [5, 5.41) is 3.52. The lowest BCUT2D eigenvalue weighted by molar-refractivity contribution is 0.0827. The number of likely N-dealkylation sites (tertiary alicyclic amines) is 1. The van der Waals surface area contributed by atoms with Crippen LogP contribution in [0.5, 0.6) is 0 Å². The summed E-state index contributed by atoms with van der Waals surface area (Å²) in [7, 11) is 5.43. The van der Waals surface area contributed by atoms with Crippen molar-refractivity contribution in [1.82, 2.24) is 15.1 Å². The quantitative estimate of drug-likeness (QED) is 0.615. The van der Waals surface area contributed by atoms with Gasteiger partial charge in [-0.15, -0.1) is 0 Å². The van der Waals surface area contributed by atoms with Gasteiger partial charge in [0.1, 0.15) is 0 Å². The molecule has 1 heterocycles. The Morgan fingerprint density at radius 2 is 2.15 bits per heavy atom. The molecule has 1 unspecified atom stereocenters. The monoisotopic (exact) mass is 372 g/mol. The molecule has 0 aromatic heterocycles. The van der Waals surface area contributed by atoms with Crippen LogP contribution in [0.2, 0.25) is 0 Å². The number of carbonyl (C=O) groups excluding carboxylic acids is 1. The Bertz CT molecular complexity index is 651. The lowest BCUT2D eigenvalue weighted by Gasteiger charge is -2.42. The predicted octanol–water partition coefficient (Wildman–Crippen LogP) is 3.41. The number of piperidine rings is 1. The number of aliphatic imine (C=N–C) groups is 1. The number of nitrogens with one attached hydrogen (secondary N) is 1. The first kappa shape index (κ1) is 21.3. The summed E-state index contributed by atoms with van der Waals surface area (Å²) in [6.45, 7) is 7.64. The highest BCUT2D eigenvalue weighted by Crippen LogP contribution is 2.33. The summed E-state index contributed by atoms with van der Waals surface area (Å²) in [5.41, 5.74) is 2.30. The van der Waals surface area contributed by atoms with Crippen molar-refractivity contribution < 1.29 is 4.79 Å². The first-order valence-electron chi connectivity index (χ1n) is 10.1. The average Bonchev–Trinajstić information content (AvgIpc) is 2.64. The summed E-state index contributed by atoms with van der Waals surface area (Å²) in [6.07, 6.45) is 5.91. The third-order valence-corrected chi connectivity index (χ3v) is 5.42. The average molecular weight is 373 g/mol. The smallest absolute Gasteiger partial charge is 0.253 e. The highest BCUT2D eigenvalue weighted by Gasteiger charge is 2.31. The number of guanidine groups is 1. The third-order valence-electron chi connectivity index (χ3n) is 5.42. The number of nitrogens with zero attached hydrogens (tertiary/aromatic N) is 3. The van der Waals surface area contributed by atoms with E-state index in [0.29, 0.717) is 5.41 Å². The van der Waals surface area contributed by atoms with Crippen LogP contribution in [-0.2, 0) is 6.42 Å². The summed E-state index contributed by atoms with van der Waals surface area (Å²) in [6, 6.07) is 7.91. The van der Waals surface area contributed by atoms with E-state index in [0.717, 1.165) is 37.6 Å². The molecule has 1 saturated heterocycles. The molecule has 0 spiro atoms. The number of carbonyl (C=O) groups is 1. The molecule has 0 radical (unpaired) electrons. The van der Waals surface area contributed by atoms with E-state index < -0.39 is 0 Å². The van der Waals surface area contributed by atoms with Crippen LogP contribution < -0.4 is 5.32 Å². The van der Waals surface area contributed by atoms with E-state index in [9.17, 15) is 4.79 Å². The van der Waals surface area contributed by atoms with E-state index in [1.54, 1.807) is 19.0 Å². The largest absolute Gasteiger partial charge is 0.356 e. The molecule has 1 fully saturated rings. The molecule has 1 N–H and O–H groups in total. The second-order valence-electron chi connectivity index (χ2n) is 8.21. The highest BCUT2D eigenvalue weighted by atomic mass is 16.2. The van der Waals surface area contributed by atoms with Gasteiger partial charge in [0.2, 0.25) is 0 Å². The molecular weight excluding hydrogens is 336 g/mol. The van der Waals surface area contributed by atoms with E-state index in [1.807, 2.05) is 25.2 Å². The van der Waals surface area contributed by atoms with Crippen molar-refractivity contribution in [1.29, 1.82) is 0 Å². The summed E-state index contributed by atoms with van der Waals surface area (Å²) in [5.74, 6) is 1.04. The molecule has 1 amide bonds. The minimum absolute atomic E-state index is 0.0455. The molecule has 1 aromatic carbocycles. The Balaban J connectivity index is 1.92. The van der Waals surface area contributed by atoms with Crippen molar-refractivity contribution in [3.8, 4) is 0 Å². The van der Waals surface area contributed by atoms with Crippen molar-refractivity contribution in [3.63, 3.8) is 0 Å². The van der Waals surface area contributed by atoms with Gasteiger partial charge in [0.15, 0.2) is 5.96 Å². The second kappa shape index (κ2) is 9.77. The van der Waals surface area contributed by atoms with E-state index >= 15 is 0 Å². The molecule has 2 rings (SSSR count). The minimum atomic E-state index is 0.0455. The van der Waals surface area contributed by atoms with Gasteiger partial charge in [0.05, 0.1) is 0 Å². The number of hydrogen-bond acceptors (Lipinski definition) is 2. The summed E-state index contributed by atoms with van der Waals surface area (Å²) in [4.78, 5) is 20.7. The molecule has 0 bridgehead atoms. The fourth-order valence-electron chi connectivity index (χ4n) is 4.07. The van der Waals surface area contributed by atoms with Crippen LogP contribution in [0, 0.1) is 5.41 Å². The highest BCUT2D eigenvalue weighted by molar-refractivity contribution is 5.94. The van der Waals surface area contributed by atoms with Crippen LogP contribution in [0.3, 0.4) is 0 Å². The molecule has 1 aromatic rings. The molecule has 1 aliphatic heterocycles. The van der Waals surface area contributed by atoms with Crippen molar-refractivity contribution in [3.05, 3.63) is 35.4 Å². The fraction of sp³-hybridized carbons (Fsp3) is 0.636. The van der Waals surface area contributed by atoms with Gasteiger partial charge in [-0.25, -0.2) is 0 Å². The normalized spacial score (nSPS) is 20.5. The molecule has 1 atom stereocenters. The molecule has 5 nitrogen and oxygen atoms in total. The van der Waals surface area contributed by atoms with Gasteiger partial charge in [-0.2, -0.15) is 0 Å². The Labute approximate surface area is 164 Å². The van der Waals surface area contributed by atoms with Crippen LogP contribution in [0.25, 0.3) is 0 Å². The molecule has 27 heavy (non-hydrogen) atoms. The number of rotatable bonds is 6. The van der Waals surface area contributed by atoms with E-state index in [1.165, 1.54) is 31.2 Å². The Morgan fingerprint density at radius 1 is 1.37 bits per heavy atom. The zero-order chi connectivity index (χ0) is 19.9. The van der Waals surface area contributed by atoms with Crippen molar-refractivity contribution in [2.45, 2.75) is 46.0 Å². The number of amides is 1. The predicted molar refractivity (Wildman–Crippen MR) is 113 cm³/mol. The van der Waals surface area contributed by atoms with Crippen molar-refractivity contribution in [2.24, 2.45) is 10.4 Å². The van der Waals surface area contributed by atoms with Gasteiger partial charge in [-0.3, -0.25) is 9.79 Å². The van der Waals surface area contributed by atoms with Gasteiger partial charge in [0.25, 0.3) is 5.91 Å². The topological polar surface area (TPSA) is 47.9 Å². The van der Waals surface area contributed by atoms with Crippen LogP contribution in [0.4, 0.5) is 0 Å². The fourth-order valence-corrected chi connectivity index (χ4v) is 4.07. The van der Waals surface area contributed by atoms with Gasteiger partial charge < -0.3 is 15.1 Å². The summed E-state index contributed by atoms with van der Waals surface area (Å²) >= 11 is 0. The van der Waals surface area contributed by atoms with Crippen molar-refractivity contribution >= 4 is 11.9 Å². The van der Waals surface area contributed by atoms with Gasteiger partial charge in [-0.05, 0) is 48.8 Å². The van der Waals surface area contributed by atoms with Crippen LogP contribution >= 0.6 is 0 Å². The van der Waals surface area contributed by atoms with Crippen LogP contribution in [0.15, 0.2) is 29.3 Å². The number of benzene rings is 1. The molecule has 0 saturated carbocycles. The third kappa shape index (κ3) is 5.98. The Hall–Kier alpha value is -2.04. The standard InChI is InChI=1S/C22H36N4O/c1-6-12-22(2)13-8-15-26(17-22)21(23-3)24-14-11-18-9-7-10-19(16-18)20(27)25(4)5/h7,9-10,16H,6,8,11-15,17H2,1-5H3,(H,23,24). The van der Waals surface area contributed by atoms with Gasteiger partial charge in [0, 0.05) is 46.3 Å². The van der Waals surface area contributed by atoms with Crippen LogP contribution in [-0.4, -0.2) is 62.4 Å². The Kier molecular flexibility index (Phi) is 7.69. The first-order chi connectivity index (χ1) is 12.9. The van der Waals surface area contributed by atoms with E-state index in [4.69, 9.17) is 0 Å². The minimum Gasteiger partial charge on any atom is -0.356 e. The van der Waals surface area contributed by atoms with Crippen molar-refractivity contribution in [2.75, 3.05) is 40.8 Å². The zero-order valence-corrected chi connectivity index (χ0v) is 17.7. The zero-order valence-electron chi connectivity index (χ0n) is 17.7. The molecular formula is C22H36N4O. The van der Waals surface area contributed by atoms with E-state index in [-0.39, 0.29) is 5.91 Å². The maximum absolute atomic E-state index is 12.1. The Morgan fingerprint density at radius 3 is 2.81 bits per heavy atom. The number of hydrogen-bond donors (Lipinski definition) is 1. The van der Waals surface area contributed by atoms with Crippen LogP contribution in [0.1, 0.15) is 55.5 Å². The summed E-state index contributed by atoms with van der Waals surface area (Å²) < 4.78 is 0. The lowest BCUT2D eigenvalue weighted by Crippen LogP contribution is -2.50. The first-order valence-corrected chi connectivity index (χ1v) is 10.1. The van der Waals surface area contributed by atoms with Gasteiger partial charge in [-0.1, -0.05) is 32.4 Å². The molecule has 5 heteroatoms. The van der Waals surface area contributed by atoms with Gasteiger partial charge >= 0.3 is 0 Å². The molecule has 0 aliphatic carbocycles. The second-order valence-corrected chi connectivity index (χ2v) is 8.21. The molecule has 150 valence electrons.